The van der Waals surface area contributed by atoms with Crippen molar-refractivity contribution < 1.29 is 18.7 Å². The molecule has 1 aliphatic heterocycles. The van der Waals surface area contributed by atoms with Crippen LogP contribution in [0.3, 0.4) is 0 Å². The number of benzene rings is 2. The number of oxazole rings is 1. The number of aromatic nitrogens is 1. The number of para-hydroxylation sites is 1. The number of amides is 1. The zero-order valence-corrected chi connectivity index (χ0v) is 16.6. The molecule has 2 atom stereocenters. The number of carbonyl (C=O) groups excluding carboxylic acids is 2. The van der Waals surface area contributed by atoms with Crippen molar-refractivity contribution in [1.82, 2.24) is 4.98 Å². The Hall–Kier alpha value is -3.41. The van der Waals surface area contributed by atoms with E-state index in [-0.39, 0.29) is 17.6 Å². The lowest BCUT2D eigenvalue weighted by Gasteiger charge is -2.25. The number of hydrogen-bond donors (Lipinski definition) is 0. The fraction of sp³-hybridized carbons (Fsp3) is 0.261. The van der Waals surface area contributed by atoms with Gasteiger partial charge in [0.1, 0.15) is 5.76 Å². The molecule has 2 heterocycles. The molecule has 6 heteroatoms. The highest BCUT2D eigenvalue weighted by Gasteiger charge is 2.35. The van der Waals surface area contributed by atoms with E-state index in [0.29, 0.717) is 11.7 Å². The number of esters is 1. The van der Waals surface area contributed by atoms with Gasteiger partial charge in [0, 0.05) is 17.3 Å². The Labute approximate surface area is 169 Å². The number of anilines is 1. The van der Waals surface area contributed by atoms with Gasteiger partial charge in [-0.05, 0) is 51.0 Å². The van der Waals surface area contributed by atoms with Crippen molar-refractivity contribution in [2.24, 2.45) is 0 Å². The first-order valence-electron chi connectivity index (χ1n) is 9.60. The highest BCUT2D eigenvalue weighted by molar-refractivity contribution is 6.00. The van der Waals surface area contributed by atoms with Crippen LogP contribution in [0, 0.1) is 6.92 Å². The number of rotatable bonds is 4. The molecule has 0 saturated heterocycles. The first-order chi connectivity index (χ1) is 14.0. The Morgan fingerprint density at radius 3 is 2.59 bits per heavy atom. The van der Waals surface area contributed by atoms with Gasteiger partial charge in [-0.3, -0.25) is 4.79 Å². The van der Waals surface area contributed by atoms with Crippen LogP contribution in [0.5, 0.6) is 0 Å². The highest BCUT2D eigenvalue weighted by Crippen LogP contribution is 2.32. The van der Waals surface area contributed by atoms with Gasteiger partial charge in [0.15, 0.2) is 11.8 Å². The van der Waals surface area contributed by atoms with Gasteiger partial charge in [-0.2, -0.15) is 0 Å². The minimum atomic E-state index is -0.938. The molecule has 0 aliphatic carbocycles. The standard InChI is InChI=1S/C23H22N2O4/c1-14-13-18-11-7-8-12-19(18)25(14)22(26)16(3)29-23(27)20-15(2)28-21(24-20)17-9-5-4-6-10-17/h4-12,14,16H,13H2,1-3H3/t14-,16-/m1/s1. The van der Waals surface area contributed by atoms with Crippen LogP contribution in [0.1, 0.15) is 35.7 Å². The average molecular weight is 390 g/mol. The zero-order valence-electron chi connectivity index (χ0n) is 16.6. The van der Waals surface area contributed by atoms with Crippen molar-refractivity contribution in [3.63, 3.8) is 0 Å². The predicted molar refractivity (Wildman–Crippen MR) is 109 cm³/mol. The van der Waals surface area contributed by atoms with Crippen LogP contribution < -0.4 is 4.90 Å². The Kier molecular flexibility index (Phi) is 4.92. The summed E-state index contributed by atoms with van der Waals surface area (Å²) in [6, 6.07) is 17.1. The van der Waals surface area contributed by atoms with Gasteiger partial charge in [0.2, 0.25) is 5.89 Å². The molecule has 148 valence electrons. The fourth-order valence-corrected chi connectivity index (χ4v) is 3.65. The van der Waals surface area contributed by atoms with E-state index in [1.165, 1.54) is 0 Å². The van der Waals surface area contributed by atoms with Crippen LogP contribution in [-0.2, 0) is 16.0 Å². The first kappa shape index (κ1) is 18.9. The van der Waals surface area contributed by atoms with Gasteiger partial charge in [0.25, 0.3) is 5.91 Å². The molecule has 29 heavy (non-hydrogen) atoms. The van der Waals surface area contributed by atoms with E-state index >= 15 is 0 Å². The van der Waals surface area contributed by atoms with E-state index in [4.69, 9.17) is 9.15 Å². The van der Waals surface area contributed by atoms with E-state index < -0.39 is 12.1 Å². The van der Waals surface area contributed by atoms with Crippen molar-refractivity contribution >= 4 is 17.6 Å². The largest absolute Gasteiger partial charge is 0.448 e. The molecule has 1 amide bonds. The van der Waals surface area contributed by atoms with E-state index in [2.05, 4.69) is 4.98 Å². The number of nitrogens with zero attached hydrogens (tertiary/aromatic N) is 2. The summed E-state index contributed by atoms with van der Waals surface area (Å²) in [5.74, 6) is -0.223. The molecule has 0 saturated carbocycles. The summed E-state index contributed by atoms with van der Waals surface area (Å²) in [5.41, 5.74) is 2.84. The molecular formula is C23H22N2O4. The summed E-state index contributed by atoms with van der Waals surface area (Å²) in [6.45, 7) is 5.23. The maximum atomic E-state index is 13.0. The minimum absolute atomic E-state index is 0.0134. The number of aryl methyl sites for hydroxylation is 1. The van der Waals surface area contributed by atoms with Crippen molar-refractivity contribution in [3.05, 3.63) is 71.6 Å². The third kappa shape index (κ3) is 3.53. The molecule has 4 rings (SSSR count). The number of hydrogen-bond acceptors (Lipinski definition) is 5. The third-order valence-corrected chi connectivity index (χ3v) is 5.09. The fourth-order valence-electron chi connectivity index (χ4n) is 3.65. The summed E-state index contributed by atoms with van der Waals surface area (Å²) in [5, 5.41) is 0. The maximum absolute atomic E-state index is 13.0. The van der Waals surface area contributed by atoms with E-state index in [0.717, 1.165) is 23.2 Å². The van der Waals surface area contributed by atoms with E-state index in [1.54, 1.807) is 18.7 Å². The number of ether oxygens (including phenoxy) is 1. The molecule has 1 aromatic heterocycles. The Morgan fingerprint density at radius 2 is 1.83 bits per heavy atom. The minimum Gasteiger partial charge on any atom is -0.448 e. The van der Waals surface area contributed by atoms with E-state index in [1.807, 2.05) is 61.5 Å². The Morgan fingerprint density at radius 1 is 1.14 bits per heavy atom. The SMILES string of the molecule is Cc1oc(-c2ccccc2)nc1C(=O)O[C@H](C)C(=O)N1c2ccccc2C[C@H]1C. The normalized spacial score (nSPS) is 16.4. The van der Waals surface area contributed by atoms with Crippen molar-refractivity contribution in [3.8, 4) is 11.5 Å². The average Bonchev–Trinajstić information content (AvgIpc) is 3.27. The summed E-state index contributed by atoms with van der Waals surface area (Å²) >= 11 is 0. The van der Waals surface area contributed by atoms with Gasteiger partial charge in [0.05, 0.1) is 0 Å². The Balaban J connectivity index is 1.50. The molecule has 0 radical (unpaired) electrons. The lowest BCUT2D eigenvalue weighted by Crippen LogP contribution is -2.43. The lowest BCUT2D eigenvalue weighted by atomic mass is 10.1. The number of carbonyl (C=O) groups is 2. The monoisotopic (exact) mass is 390 g/mol. The van der Waals surface area contributed by atoms with Gasteiger partial charge in [-0.25, -0.2) is 9.78 Å². The number of fused-ring (bicyclic) bond motifs is 1. The van der Waals surface area contributed by atoms with Crippen molar-refractivity contribution in [2.45, 2.75) is 39.3 Å². The third-order valence-electron chi connectivity index (χ3n) is 5.09. The van der Waals surface area contributed by atoms with Crippen molar-refractivity contribution in [1.29, 1.82) is 0 Å². The van der Waals surface area contributed by atoms with Gasteiger partial charge >= 0.3 is 5.97 Å². The molecular weight excluding hydrogens is 368 g/mol. The molecule has 0 spiro atoms. The van der Waals surface area contributed by atoms with Crippen LogP contribution in [-0.4, -0.2) is 29.0 Å². The predicted octanol–water partition coefficient (Wildman–Crippen LogP) is 4.17. The molecule has 1 aliphatic rings. The lowest BCUT2D eigenvalue weighted by molar-refractivity contribution is -0.126. The second-order valence-corrected chi connectivity index (χ2v) is 7.23. The molecule has 6 nitrogen and oxygen atoms in total. The molecule has 0 N–H and O–H groups in total. The smallest absolute Gasteiger partial charge is 0.361 e. The quantitative estimate of drug-likeness (QED) is 0.625. The van der Waals surface area contributed by atoms with Crippen molar-refractivity contribution in [2.75, 3.05) is 4.90 Å². The van der Waals surface area contributed by atoms with Crippen LogP contribution in [0.25, 0.3) is 11.5 Å². The van der Waals surface area contributed by atoms with Crippen LogP contribution in [0.4, 0.5) is 5.69 Å². The zero-order chi connectivity index (χ0) is 20.5. The van der Waals surface area contributed by atoms with Gasteiger partial charge < -0.3 is 14.1 Å². The molecule has 0 bridgehead atoms. The second-order valence-electron chi connectivity index (χ2n) is 7.23. The summed E-state index contributed by atoms with van der Waals surface area (Å²) in [4.78, 5) is 31.6. The van der Waals surface area contributed by atoms with E-state index in [9.17, 15) is 9.59 Å². The molecule has 2 aromatic carbocycles. The summed E-state index contributed by atoms with van der Waals surface area (Å²) in [7, 11) is 0. The topological polar surface area (TPSA) is 72.6 Å². The highest BCUT2D eigenvalue weighted by atomic mass is 16.5. The second kappa shape index (κ2) is 7.54. The van der Waals surface area contributed by atoms with Crippen LogP contribution in [0.15, 0.2) is 59.0 Å². The molecule has 0 unspecified atom stereocenters. The maximum Gasteiger partial charge on any atom is 0.361 e. The first-order valence-corrected chi connectivity index (χ1v) is 9.60. The van der Waals surface area contributed by atoms with Gasteiger partial charge in [-0.1, -0.05) is 36.4 Å². The van der Waals surface area contributed by atoms with Crippen LogP contribution in [0.2, 0.25) is 0 Å². The molecule has 3 aromatic rings. The van der Waals surface area contributed by atoms with Crippen LogP contribution >= 0.6 is 0 Å². The summed E-state index contributed by atoms with van der Waals surface area (Å²) < 4.78 is 11.1. The Bertz CT molecular complexity index is 1060. The summed E-state index contributed by atoms with van der Waals surface area (Å²) in [6.07, 6.45) is -0.154. The van der Waals surface area contributed by atoms with Gasteiger partial charge in [-0.15, -0.1) is 0 Å². The molecule has 0 fully saturated rings.